The molecule has 0 bridgehead atoms. The fourth-order valence-electron chi connectivity index (χ4n) is 3.97. The molecule has 0 saturated heterocycles. The number of rotatable bonds is 9. The van der Waals surface area contributed by atoms with Crippen molar-refractivity contribution < 1.29 is 23.7 Å². The van der Waals surface area contributed by atoms with Gasteiger partial charge in [0.2, 0.25) is 5.17 Å². The lowest BCUT2D eigenvalue weighted by Gasteiger charge is -2.20. The van der Waals surface area contributed by atoms with Crippen LogP contribution in [-0.2, 0) is 4.79 Å². The van der Waals surface area contributed by atoms with Gasteiger partial charge in [-0.25, -0.2) is 0 Å². The fraction of sp³-hybridized carbons (Fsp3) is 0.172. The summed E-state index contributed by atoms with van der Waals surface area (Å²) in [5.74, 6) is 1.65. The van der Waals surface area contributed by atoms with Crippen molar-refractivity contribution in [1.29, 1.82) is 5.41 Å². The number of amidine groups is 2. The van der Waals surface area contributed by atoms with Crippen LogP contribution in [-0.4, -0.2) is 54.4 Å². The number of carbonyl (C=O) groups is 1. The number of fused-ring (bicyclic) bond motifs is 1. The van der Waals surface area contributed by atoms with Crippen LogP contribution in [0.1, 0.15) is 16.7 Å². The minimum Gasteiger partial charge on any atom is -0.493 e. The number of para-hydroxylation sites is 2. The molecule has 40 heavy (non-hydrogen) atoms. The van der Waals surface area contributed by atoms with Gasteiger partial charge in [-0.05, 0) is 70.5 Å². The van der Waals surface area contributed by atoms with Crippen LogP contribution >= 0.6 is 27.7 Å². The predicted molar refractivity (Wildman–Crippen MR) is 160 cm³/mol. The van der Waals surface area contributed by atoms with E-state index in [1.54, 1.807) is 25.3 Å². The van der Waals surface area contributed by atoms with Gasteiger partial charge in [-0.2, -0.15) is 15.1 Å². The van der Waals surface area contributed by atoms with E-state index in [0.717, 1.165) is 11.1 Å². The molecule has 0 atom stereocenters. The molecule has 9 nitrogen and oxygen atoms in total. The molecule has 0 radical (unpaired) electrons. The van der Waals surface area contributed by atoms with E-state index >= 15 is 0 Å². The van der Waals surface area contributed by atoms with Gasteiger partial charge >= 0.3 is 0 Å². The van der Waals surface area contributed by atoms with E-state index in [9.17, 15) is 4.79 Å². The van der Waals surface area contributed by atoms with Crippen LogP contribution in [0.15, 0.2) is 80.8 Å². The van der Waals surface area contributed by atoms with Crippen LogP contribution < -0.4 is 18.9 Å². The van der Waals surface area contributed by atoms with E-state index in [1.165, 1.54) is 23.9 Å². The Morgan fingerprint density at radius 2 is 1.68 bits per heavy atom. The molecule has 204 valence electrons. The molecule has 3 aromatic rings. The molecule has 3 aromatic carbocycles. The lowest BCUT2D eigenvalue weighted by atomic mass is 10.1. The van der Waals surface area contributed by atoms with Crippen LogP contribution in [0.4, 0.5) is 0 Å². The molecular formula is C29H25BrN4O5S. The third kappa shape index (κ3) is 5.75. The molecule has 0 fully saturated rings. The summed E-state index contributed by atoms with van der Waals surface area (Å²) in [5, 5.41) is 15.7. The van der Waals surface area contributed by atoms with Crippen molar-refractivity contribution in [1.82, 2.24) is 5.01 Å². The predicted octanol–water partition coefficient (Wildman–Crippen LogP) is 5.90. The second kappa shape index (κ2) is 12.0. The molecule has 0 aliphatic carbocycles. The van der Waals surface area contributed by atoms with E-state index in [2.05, 4.69) is 26.0 Å². The topological polar surface area (TPSA) is 106 Å². The molecule has 2 heterocycles. The van der Waals surface area contributed by atoms with Crippen molar-refractivity contribution in [3.63, 3.8) is 0 Å². The number of halogens is 1. The van der Waals surface area contributed by atoms with Gasteiger partial charge in [-0.3, -0.25) is 10.2 Å². The van der Waals surface area contributed by atoms with Gasteiger partial charge in [0.1, 0.15) is 18.3 Å². The Labute approximate surface area is 244 Å². The summed E-state index contributed by atoms with van der Waals surface area (Å²) in [4.78, 5) is 17.1. The Morgan fingerprint density at radius 1 is 0.975 bits per heavy atom. The Morgan fingerprint density at radius 3 is 2.40 bits per heavy atom. The van der Waals surface area contributed by atoms with Crippen LogP contribution in [0, 0.1) is 12.3 Å². The molecule has 0 spiro atoms. The number of hydrogen-bond acceptors (Lipinski definition) is 8. The molecule has 5 rings (SSSR count). The summed E-state index contributed by atoms with van der Waals surface area (Å²) in [7, 11) is 3.12. The molecule has 0 unspecified atom stereocenters. The molecule has 2 aliphatic heterocycles. The highest BCUT2D eigenvalue weighted by molar-refractivity contribution is 9.10. The highest BCUT2D eigenvalue weighted by Crippen LogP contribution is 2.38. The SMILES string of the molecule is COc1ccccc1OCCOc1c(Br)cc(/C=C2/C(=N)N3N=C(c4ccc(C)cc4)SC3=NC2=O)cc1OC. The summed E-state index contributed by atoms with van der Waals surface area (Å²) >= 11 is 4.81. The van der Waals surface area contributed by atoms with Crippen LogP contribution in [0.2, 0.25) is 0 Å². The first-order valence-corrected chi connectivity index (χ1v) is 13.8. The second-order valence-electron chi connectivity index (χ2n) is 8.67. The van der Waals surface area contributed by atoms with Gasteiger partial charge in [-0.15, -0.1) is 0 Å². The number of amides is 1. The quantitative estimate of drug-likeness (QED) is 0.234. The Hall–Kier alpha value is -4.09. The minimum atomic E-state index is -0.506. The zero-order valence-electron chi connectivity index (χ0n) is 21.9. The highest BCUT2D eigenvalue weighted by Gasteiger charge is 2.36. The van der Waals surface area contributed by atoms with Crippen LogP contribution in [0.25, 0.3) is 6.08 Å². The van der Waals surface area contributed by atoms with Gasteiger partial charge in [-0.1, -0.05) is 42.0 Å². The van der Waals surface area contributed by atoms with Crippen LogP contribution in [0.5, 0.6) is 23.0 Å². The zero-order chi connectivity index (χ0) is 28.2. The van der Waals surface area contributed by atoms with E-state index in [1.807, 2.05) is 55.5 Å². The number of aryl methyl sites for hydroxylation is 1. The number of aliphatic imine (C=N–C) groups is 1. The average molecular weight is 622 g/mol. The molecule has 0 saturated carbocycles. The molecule has 2 aliphatic rings. The first-order chi connectivity index (χ1) is 19.4. The third-order valence-corrected chi connectivity index (χ3v) is 7.52. The standard InChI is InChI=1S/C29H25BrN4O5S/c1-17-8-10-19(11-9-17)28-33-34-26(31)20(27(35)32-29(34)40-28)14-18-15-21(30)25(24(16-18)37-3)39-13-12-38-23-7-5-4-6-22(23)36-2/h4-11,14-16,31H,12-13H2,1-3H3/b20-14-,31-26?. The second-order valence-corrected chi connectivity index (χ2v) is 10.5. The van der Waals surface area contributed by atoms with E-state index < -0.39 is 5.91 Å². The van der Waals surface area contributed by atoms with E-state index in [4.69, 9.17) is 24.4 Å². The normalized spacial score (nSPS) is 15.5. The number of methoxy groups -OCH3 is 2. The van der Waals surface area contributed by atoms with Gasteiger partial charge in [0.25, 0.3) is 5.91 Å². The number of thioether (sulfide) groups is 1. The minimum absolute atomic E-state index is 0.0477. The third-order valence-electron chi connectivity index (χ3n) is 5.97. The number of hydrazone groups is 1. The smallest absolute Gasteiger partial charge is 0.283 e. The zero-order valence-corrected chi connectivity index (χ0v) is 24.3. The Balaban J connectivity index is 1.31. The molecule has 0 aromatic heterocycles. The summed E-state index contributed by atoms with van der Waals surface area (Å²) in [5.41, 5.74) is 2.78. The van der Waals surface area contributed by atoms with Crippen molar-refractivity contribution in [3.8, 4) is 23.0 Å². The Kier molecular flexibility index (Phi) is 8.22. The molecule has 11 heteroatoms. The number of carbonyl (C=O) groups excluding carboxylic acids is 1. The van der Waals surface area contributed by atoms with E-state index in [-0.39, 0.29) is 24.6 Å². The van der Waals surface area contributed by atoms with E-state index in [0.29, 0.717) is 43.2 Å². The van der Waals surface area contributed by atoms with Gasteiger partial charge in [0, 0.05) is 5.56 Å². The Bertz CT molecular complexity index is 1570. The van der Waals surface area contributed by atoms with Crippen molar-refractivity contribution in [2.75, 3.05) is 27.4 Å². The highest BCUT2D eigenvalue weighted by atomic mass is 79.9. The number of ether oxygens (including phenoxy) is 4. The number of benzene rings is 3. The lowest BCUT2D eigenvalue weighted by Crippen LogP contribution is -2.35. The lowest BCUT2D eigenvalue weighted by molar-refractivity contribution is -0.114. The summed E-state index contributed by atoms with van der Waals surface area (Å²) in [6.07, 6.45) is 1.59. The summed E-state index contributed by atoms with van der Waals surface area (Å²) < 4.78 is 23.2. The maximum absolute atomic E-state index is 12.9. The summed E-state index contributed by atoms with van der Waals surface area (Å²) in [6, 6.07) is 18.8. The summed E-state index contributed by atoms with van der Waals surface area (Å²) in [6.45, 7) is 2.55. The fourth-order valence-corrected chi connectivity index (χ4v) is 5.44. The van der Waals surface area contributed by atoms with Crippen LogP contribution in [0.3, 0.4) is 0 Å². The van der Waals surface area contributed by atoms with Crippen molar-refractivity contribution in [2.45, 2.75) is 6.92 Å². The number of nitrogens with one attached hydrogen (secondary N) is 1. The van der Waals surface area contributed by atoms with Gasteiger partial charge < -0.3 is 18.9 Å². The largest absolute Gasteiger partial charge is 0.493 e. The first-order valence-electron chi connectivity index (χ1n) is 12.2. The number of hydrogen-bond donors (Lipinski definition) is 1. The van der Waals surface area contributed by atoms with Crippen molar-refractivity contribution in [3.05, 3.63) is 87.4 Å². The monoisotopic (exact) mass is 620 g/mol. The maximum Gasteiger partial charge on any atom is 0.283 e. The van der Waals surface area contributed by atoms with Gasteiger partial charge in [0.15, 0.2) is 28.8 Å². The molecular weight excluding hydrogens is 596 g/mol. The van der Waals surface area contributed by atoms with Crippen molar-refractivity contribution >= 4 is 55.7 Å². The molecule has 1 N–H and O–H groups in total. The van der Waals surface area contributed by atoms with Gasteiger partial charge in [0.05, 0.1) is 24.3 Å². The first kappa shape index (κ1) is 27.5. The number of nitrogens with zero attached hydrogens (tertiary/aromatic N) is 3. The average Bonchev–Trinajstić information content (AvgIpc) is 3.38. The maximum atomic E-state index is 12.9. The molecule has 1 amide bonds. The van der Waals surface area contributed by atoms with Crippen molar-refractivity contribution in [2.24, 2.45) is 10.1 Å².